The highest BCUT2D eigenvalue weighted by atomic mass is 19.1. The molecule has 0 aliphatic rings. The number of carbonyl (C=O) groups is 2. The molecule has 174 valence electrons. The summed E-state index contributed by atoms with van der Waals surface area (Å²) in [7, 11) is 1.54. The first kappa shape index (κ1) is 24.2. The minimum absolute atomic E-state index is 0.117. The summed E-state index contributed by atoms with van der Waals surface area (Å²) in [6.45, 7) is 3.04. The predicted octanol–water partition coefficient (Wildman–Crippen LogP) is 4.09. The molecule has 2 aromatic carbocycles. The summed E-state index contributed by atoms with van der Waals surface area (Å²) in [6, 6.07) is 18.9. The van der Waals surface area contributed by atoms with Gasteiger partial charge in [-0.25, -0.2) is 4.39 Å². The van der Waals surface area contributed by atoms with Gasteiger partial charge in [-0.05, 0) is 55.3 Å². The molecule has 0 fully saturated rings. The van der Waals surface area contributed by atoms with Crippen molar-refractivity contribution in [1.82, 2.24) is 9.80 Å². The lowest BCUT2D eigenvalue weighted by atomic mass is 10.1. The monoisotopic (exact) mass is 452 g/mol. The van der Waals surface area contributed by atoms with Crippen molar-refractivity contribution in [3.8, 4) is 0 Å². The number of benzene rings is 2. The molecule has 1 aromatic heterocycles. The standard InChI is InChI=1S/C26H29FN2O4/c1-20-8-13-24(33-20)18-28(15-14-21-6-4-3-5-7-21)25(30)19-29(16-17-32-2)26(31)22-9-11-23(27)12-10-22/h3-13H,14-19H2,1-2H3. The third-order valence-corrected chi connectivity index (χ3v) is 5.28. The molecule has 0 saturated carbocycles. The van der Waals surface area contributed by atoms with Crippen LogP contribution in [0.4, 0.5) is 4.39 Å². The molecule has 0 aliphatic carbocycles. The van der Waals surface area contributed by atoms with E-state index in [-0.39, 0.29) is 31.5 Å². The van der Waals surface area contributed by atoms with Gasteiger partial charge in [-0.15, -0.1) is 0 Å². The van der Waals surface area contributed by atoms with Gasteiger partial charge in [0.1, 0.15) is 23.9 Å². The number of rotatable bonds is 11. The maximum atomic E-state index is 13.3. The van der Waals surface area contributed by atoms with Crippen molar-refractivity contribution in [2.75, 3.05) is 33.4 Å². The van der Waals surface area contributed by atoms with Crippen molar-refractivity contribution in [3.63, 3.8) is 0 Å². The van der Waals surface area contributed by atoms with Crippen LogP contribution in [0.25, 0.3) is 0 Å². The molecule has 0 bridgehead atoms. The Morgan fingerprint density at radius 3 is 2.30 bits per heavy atom. The summed E-state index contributed by atoms with van der Waals surface area (Å²) in [5.74, 6) is 0.478. The lowest BCUT2D eigenvalue weighted by Crippen LogP contribution is -2.44. The minimum Gasteiger partial charge on any atom is -0.464 e. The van der Waals surface area contributed by atoms with Gasteiger partial charge in [0.2, 0.25) is 5.91 Å². The first-order chi connectivity index (χ1) is 16.0. The zero-order valence-electron chi connectivity index (χ0n) is 19.0. The van der Waals surface area contributed by atoms with Gasteiger partial charge < -0.3 is 19.0 Å². The largest absolute Gasteiger partial charge is 0.464 e. The first-order valence-corrected chi connectivity index (χ1v) is 10.9. The van der Waals surface area contributed by atoms with Gasteiger partial charge in [-0.2, -0.15) is 0 Å². The molecule has 3 rings (SSSR count). The number of ether oxygens (including phenoxy) is 1. The number of carbonyl (C=O) groups excluding carboxylic acids is 2. The average molecular weight is 453 g/mol. The fourth-order valence-electron chi connectivity index (χ4n) is 3.45. The minimum atomic E-state index is -0.424. The summed E-state index contributed by atoms with van der Waals surface area (Å²) in [5.41, 5.74) is 1.43. The molecular formula is C26H29FN2O4. The summed E-state index contributed by atoms with van der Waals surface area (Å²) >= 11 is 0. The molecule has 0 saturated heterocycles. The molecule has 3 aromatic rings. The van der Waals surface area contributed by atoms with E-state index in [1.54, 1.807) is 4.90 Å². The number of amides is 2. The van der Waals surface area contributed by atoms with E-state index in [1.165, 1.54) is 36.3 Å². The second-order valence-corrected chi connectivity index (χ2v) is 7.79. The zero-order chi connectivity index (χ0) is 23.6. The van der Waals surface area contributed by atoms with E-state index in [2.05, 4.69) is 0 Å². The van der Waals surface area contributed by atoms with Crippen LogP contribution in [0.2, 0.25) is 0 Å². The van der Waals surface area contributed by atoms with Crippen molar-refractivity contribution in [3.05, 3.63) is 95.2 Å². The number of furan rings is 1. The second-order valence-electron chi connectivity index (χ2n) is 7.79. The van der Waals surface area contributed by atoms with Crippen LogP contribution in [0, 0.1) is 12.7 Å². The average Bonchev–Trinajstić information content (AvgIpc) is 3.24. The van der Waals surface area contributed by atoms with Crippen LogP contribution in [0.1, 0.15) is 27.4 Å². The Morgan fingerprint density at radius 1 is 0.939 bits per heavy atom. The Bertz CT molecular complexity index is 1030. The number of aryl methyl sites for hydroxylation is 1. The van der Waals surface area contributed by atoms with Crippen LogP contribution in [0.15, 0.2) is 71.1 Å². The number of nitrogens with zero attached hydrogens (tertiary/aromatic N) is 2. The molecule has 0 radical (unpaired) electrons. The van der Waals surface area contributed by atoms with Crippen LogP contribution in [-0.4, -0.2) is 55.0 Å². The lowest BCUT2D eigenvalue weighted by molar-refractivity contribution is -0.132. The normalized spacial score (nSPS) is 10.8. The maximum Gasteiger partial charge on any atom is 0.254 e. The van der Waals surface area contributed by atoms with Gasteiger partial charge in [0.15, 0.2) is 0 Å². The van der Waals surface area contributed by atoms with Crippen LogP contribution < -0.4 is 0 Å². The van der Waals surface area contributed by atoms with Crippen LogP contribution in [-0.2, 0) is 22.5 Å². The smallest absolute Gasteiger partial charge is 0.254 e. The fourth-order valence-corrected chi connectivity index (χ4v) is 3.45. The summed E-state index contributed by atoms with van der Waals surface area (Å²) in [6.07, 6.45) is 0.677. The number of halogens is 1. The van der Waals surface area contributed by atoms with Gasteiger partial charge in [-0.1, -0.05) is 30.3 Å². The molecule has 33 heavy (non-hydrogen) atoms. The molecule has 0 atom stereocenters. The molecule has 0 spiro atoms. The molecule has 6 nitrogen and oxygen atoms in total. The molecule has 0 aliphatic heterocycles. The zero-order valence-corrected chi connectivity index (χ0v) is 19.0. The van der Waals surface area contributed by atoms with E-state index in [0.29, 0.717) is 30.8 Å². The summed E-state index contributed by atoms with van der Waals surface area (Å²) in [4.78, 5) is 29.5. The third kappa shape index (κ3) is 7.29. The molecule has 2 amide bonds. The van der Waals surface area contributed by atoms with Crippen molar-refractivity contribution >= 4 is 11.8 Å². The van der Waals surface area contributed by atoms with Gasteiger partial charge in [-0.3, -0.25) is 9.59 Å². The molecule has 1 heterocycles. The first-order valence-electron chi connectivity index (χ1n) is 10.9. The van der Waals surface area contributed by atoms with E-state index in [0.717, 1.165) is 11.3 Å². The Kier molecular flexibility index (Phi) is 8.78. The van der Waals surface area contributed by atoms with E-state index in [9.17, 15) is 14.0 Å². The van der Waals surface area contributed by atoms with E-state index in [4.69, 9.17) is 9.15 Å². The molecule has 0 N–H and O–H groups in total. The summed E-state index contributed by atoms with van der Waals surface area (Å²) < 4.78 is 24.1. The van der Waals surface area contributed by atoms with E-state index >= 15 is 0 Å². The maximum absolute atomic E-state index is 13.3. The van der Waals surface area contributed by atoms with Gasteiger partial charge in [0, 0.05) is 25.8 Å². The highest BCUT2D eigenvalue weighted by Crippen LogP contribution is 2.13. The Balaban J connectivity index is 1.75. The SMILES string of the molecule is COCCN(CC(=O)N(CCc1ccccc1)Cc1ccc(C)o1)C(=O)c1ccc(F)cc1. The molecule has 7 heteroatoms. The number of hydrogen-bond donors (Lipinski definition) is 0. The third-order valence-electron chi connectivity index (χ3n) is 5.28. The molecular weight excluding hydrogens is 423 g/mol. The Hall–Kier alpha value is -3.45. The quantitative estimate of drug-likeness (QED) is 0.440. The van der Waals surface area contributed by atoms with Crippen LogP contribution in [0.5, 0.6) is 0 Å². The number of hydrogen-bond acceptors (Lipinski definition) is 4. The summed E-state index contributed by atoms with van der Waals surface area (Å²) in [5, 5.41) is 0. The highest BCUT2D eigenvalue weighted by Gasteiger charge is 2.23. The van der Waals surface area contributed by atoms with E-state index < -0.39 is 5.82 Å². The van der Waals surface area contributed by atoms with Gasteiger partial charge in [0.05, 0.1) is 13.2 Å². The molecule has 0 unspecified atom stereocenters. The van der Waals surface area contributed by atoms with Crippen molar-refractivity contribution < 1.29 is 23.1 Å². The topological polar surface area (TPSA) is 63.0 Å². The van der Waals surface area contributed by atoms with Crippen molar-refractivity contribution in [1.29, 1.82) is 0 Å². The highest BCUT2D eigenvalue weighted by molar-refractivity contribution is 5.96. The Morgan fingerprint density at radius 2 is 1.67 bits per heavy atom. The van der Waals surface area contributed by atoms with Gasteiger partial charge in [0.25, 0.3) is 5.91 Å². The predicted molar refractivity (Wildman–Crippen MR) is 123 cm³/mol. The van der Waals surface area contributed by atoms with Crippen LogP contribution >= 0.6 is 0 Å². The van der Waals surface area contributed by atoms with E-state index in [1.807, 2.05) is 49.4 Å². The second kappa shape index (κ2) is 12.0. The Labute approximate surface area is 193 Å². The fraction of sp³-hybridized carbons (Fsp3) is 0.308. The van der Waals surface area contributed by atoms with Crippen LogP contribution in [0.3, 0.4) is 0 Å². The lowest BCUT2D eigenvalue weighted by Gasteiger charge is -2.27. The van der Waals surface area contributed by atoms with Crippen molar-refractivity contribution in [2.45, 2.75) is 19.9 Å². The van der Waals surface area contributed by atoms with Crippen molar-refractivity contribution in [2.24, 2.45) is 0 Å². The number of methoxy groups -OCH3 is 1. The van der Waals surface area contributed by atoms with Gasteiger partial charge >= 0.3 is 0 Å².